The highest BCUT2D eigenvalue weighted by molar-refractivity contribution is 9.10. The highest BCUT2D eigenvalue weighted by Gasteiger charge is 2.05. The molecule has 0 aromatic heterocycles. The number of amides is 1. The van der Waals surface area contributed by atoms with Crippen LogP contribution in [0.4, 0.5) is 11.4 Å². The molecule has 0 bridgehead atoms. The lowest BCUT2D eigenvalue weighted by molar-refractivity contribution is -0.115. The zero-order valence-corrected chi connectivity index (χ0v) is 12.2. The molecule has 0 aliphatic carbocycles. The number of aryl methyl sites for hydroxylation is 1. The number of hydrogen-bond donors (Lipinski definition) is 2. The molecule has 0 heterocycles. The molecular weight excluding hydrogens is 304 g/mol. The Labute approximate surface area is 121 Å². The first kappa shape index (κ1) is 13.6. The van der Waals surface area contributed by atoms with E-state index in [9.17, 15) is 4.79 Å². The summed E-state index contributed by atoms with van der Waals surface area (Å²) in [5.74, 6) is -0.0543. The molecule has 0 aliphatic rings. The van der Waals surface area contributed by atoms with Crippen molar-refractivity contribution in [3.05, 3.63) is 58.1 Å². The van der Waals surface area contributed by atoms with Crippen LogP contribution in [0, 0.1) is 6.92 Å². The van der Waals surface area contributed by atoms with E-state index in [0.29, 0.717) is 12.1 Å². The van der Waals surface area contributed by atoms with Crippen molar-refractivity contribution in [1.29, 1.82) is 0 Å². The van der Waals surface area contributed by atoms with E-state index < -0.39 is 0 Å². The van der Waals surface area contributed by atoms with Crippen molar-refractivity contribution in [2.24, 2.45) is 0 Å². The average Bonchev–Trinajstić information content (AvgIpc) is 2.34. The van der Waals surface area contributed by atoms with Gasteiger partial charge in [0.15, 0.2) is 0 Å². The maximum Gasteiger partial charge on any atom is 0.228 e. The standard InChI is InChI=1S/C15H15BrN2O/c1-10-5-6-13(9-14(10)17)18-15(19)8-11-3-2-4-12(16)7-11/h2-7,9H,8,17H2,1H3,(H,18,19). The lowest BCUT2D eigenvalue weighted by Gasteiger charge is -2.08. The lowest BCUT2D eigenvalue weighted by Crippen LogP contribution is -2.14. The van der Waals surface area contributed by atoms with Gasteiger partial charge in [0.1, 0.15) is 0 Å². The summed E-state index contributed by atoms with van der Waals surface area (Å²) >= 11 is 3.39. The third-order valence-electron chi connectivity index (χ3n) is 2.82. The van der Waals surface area contributed by atoms with Crippen molar-refractivity contribution in [1.82, 2.24) is 0 Å². The van der Waals surface area contributed by atoms with E-state index in [1.807, 2.05) is 43.3 Å². The Balaban J connectivity index is 2.03. The van der Waals surface area contributed by atoms with Crippen molar-refractivity contribution in [2.75, 3.05) is 11.1 Å². The number of halogens is 1. The number of nitrogen functional groups attached to an aromatic ring is 1. The zero-order chi connectivity index (χ0) is 13.8. The van der Waals surface area contributed by atoms with E-state index in [0.717, 1.165) is 21.3 Å². The third kappa shape index (κ3) is 3.83. The fraction of sp³-hybridized carbons (Fsp3) is 0.133. The second-order valence-corrected chi connectivity index (χ2v) is 5.34. The molecule has 0 aliphatic heterocycles. The van der Waals surface area contributed by atoms with Gasteiger partial charge < -0.3 is 11.1 Å². The summed E-state index contributed by atoms with van der Waals surface area (Å²) in [7, 11) is 0. The van der Waals surface area contributed by atoms with E-state index in [1.165, 1.54) is 0 Å². The van der Waals surface area contributed by atoms with Gasteiger partial charge in [-0.3, -0.25) is 4.79 Å². The minimum absolute atomic E-state index is 0.0543. The Morgan fingerprint density at radius 2 is 2.05 bits per heavy atom. The summed E-state index contributed by atoms with van der Waals surface area (Å²) in [5, 5.41) is 2.84. The van der Waals surface area contributed by atoms with E-state index in [-0.39, 0.29) is 5.91 Å². The van der Waals surface area contributed by atoms with Gasteiger partial charge in [-0.05, 0) is 42.3 Å². The highest BCUT2D eigenvalue weighted by Crippen LogP contribution is 2.17. The molecule has 0 atom stereocenters. The van der Waals surface area contributed by atoms with E-state index in [2.05, 4.69) is 21.2 Å². The van der Waals surface area contributed by atoms with Crippen LogP contribution in [0.1, 0.15) is 11.1 Å². The third-order valence-corrected chi connectivity index (χ3v) is 3.31. The summed E-state index contributed by atoms with van der Waals surface area (Å²) < 4.78 is 0.970. The van der Waals surface area contributed by atoms with Crippen LogP contribution in [-0.4, -0.2) is 5.91 Å². The van der Waals surface area contributed by atoms with Crippen LogP contribution in [0.3, 0.4) is 0 Å². The molecule has 0 saturated heterocycles. The molecular formula is C15H15BrN2O. The van der Waals surface area contributed by atoms with Crippen LogP contribution in [-0.2, 0) is 11.2 Å². The first-order valence-corrected chi connectivity index (χ1v) is 6.74. The number of nitrogens with two attached hydrogens (primary N) is 1. The predicted octanol–water partition coefficient (Wildman–Crippen LogP) is 3.52. The first-order chi connectivity index (χ1) is 9.04. The van der Waals surface area contributed by atoms with Gasteiger partial charge in [-0.2, -0.15) is 0 Å². The summed E-state index contributed by atoms with van der Waals surface area (Å²) in [6.07, 6.45) is 0.340. The van der Waals surface area contributed by atoms with Gasteiger partial charge in [0.2, 0.25) is 5.91 Å². The Bertz CT molecular complexity index is 611. The van der Waals surface area contributed by atoms with E-state index in [4.69, 9.17) is 5.73 Å². The Hall–Kier alpha value is -1.81. The molecule has 19 heavy (non-hydrogen) atoms. The molecule has 0 radical (unpaired) electrons. The van der Waals surface area contributed by atoms with Crippen LogP contribution in [0.25, 0.3) is 0 Å². The van der Waals surface area contributed by atoms with Crippen LogP contribution in [0.2, 0.25) is 0 Å². The molecule has 98 valence electrons. The number of hydrogen-bond acceptors (Lipinski definition) is 2. The van der Waals surface area contributed by atoms with Gasteiger partial charge in [-0.1, -0.05) is 34.1 Å². The van der Waals surface area contributed by atoms with Crippen molar-refractivity contribution in [2.45, 2.75) is 13.3 Å². The second kappa shape index (κ2) is 5.89. The Morgan fingerprint density at radius 3 is 2.74 bits per heavy atom. The Morgan fingerprint density at radius 1 is 1.26 bits per heavy atom. The topological polar surface area (TPSA) is 55.1 Å². The minimum atomic E-state index is -0.0543. The molecule has 0 fully saturated rings. The molecule has 2 rings (SSSR count). The first-order valence-electron chi connectivity index (χ1n) is 5.95. The molecule has 2 aromatic rings. The van der Waals surface area contributed by atoms with Crippen molar-refractivity contribution in [3.8, 4) is 0 Å². The van der Waals surface area contributed by atoms with E-state index in [1.54, 1.807) is 6.07 Å². The fourth-order valence-corrected chi connectivity index (χ4v) is 2.20. The van der Waals surface area contributed by atoms with Crippen molar-refractivity contribution < 1.29 is 4.79 Å². The smallest absolute Gasteiger partial charge is 0.228 e. The summed E-state index contributed by atoms with van der Waals surface area (Å²) in [6.45, 7) is 1.93. The maximum atomic E-state index is 11.9. The predicted molar refractivity (Wildman–Crippen MR) is 82.1 cm³/mol. The highest BCUT2D eigenvalue weighted by atomic mass is 79.9. The van der Waals surface area contributed by atoms with Gasteiger partial charge in [-0.15, -0.1) is 0 Å². The summed E-state index contributed by atoms with van der Waals surface area (Å²) in [4.78, 5) is 11.9. The number of nitrogens with one attached hydrogen (secondary N) is 1. The molecule has 4 heteroatoms. The zero-order valence-electron chi connectivity index (χ0n) is 10.6. The molecule has 3 nitrogen and oxygen atoms in total. The number of benzene rings is 2. The molecule has 0 saturated carbocycles. The average molecular weight is 319 g/mol. The summed E-state index contributed by atoms with van der Waals surface area (Å²) in [5.41, 5.74) is 9.19. The second-order valence-electron chi connectivity index (χ2n) is 4.43. The largest absolute Gasteiger partial charge is 0.398 e. The minimum Gasteiger partial charge on any atom is -0.398 e. The van der Waals surface area contributed by atoms with Crippen molar-refractivity contribution in [3.63, 3.8) is 0 Å². The van der Waals surface area contributed by atoms with Gasteiger partial charge in [-0.25, -0.2) is 0 Å². The molecule has 0 unspecified atom stereocenters. The maximum absolute atomic E-state index is 11.9. The van der Waals surface area contributed by atoms with Gasteiger partial charge in [0, 0.05) is 15.8 Å². The van der Waals surface area contributed by atoms with Gasteiger partial charge >= 0.3 is 0 Å². The fourth-order valence-electron chi connectivity index (χ4n) is 1.76. The monoisotopic (exact) mass is 318 g/mol. The Kier molecular flexibility index (Phi) is 4.22. The number of anilines is 2. The van der Waals surface area contributed by atoms with Crippen LogP contribution < -0.4 is 11.1 Å². The molecule has 2 aromatic carbocycles. The van der Waals surface area contributed by atoms with Crippen molar-refractivity contribution >= 4 is 33.2 Å². The normalized spacial score (nSPS) is 10.2. The molecule has 3 N–H and O–H groups in total. The number of carbonyl (C=O) groups is 1. The van der Waals surface area contributed by atoms with Gasteiger partial charge in [0.05, 0.1) is 6.42 Å². The molecule has 1 amide bonds. The summed E-state index contributed by atoms with van der Waals surface area (Å²) in [6, 6.07) is 13.2. The van der Waals surface area contributed by atoms with Gasteiger partial charge in [0.25, 0.3) is 0 Å². The van der Waals surface area contributed by atoms with Crippen LogP contribution in [0.5, 0.6) is 0 Å². The van der Waals surface area contributed by atoms with Crippen LogP contribution >= 0.6 is 15.9 Å². The number of rotatable bonds is 3. The lowest BCUT2D eigenvalue weighted by atomic mass is 10.1. The van der Waals surface area contributed by atoms with E-state index >= 15 is 0 Å². The number of carbonyl (C=O) groups excluding carboxylic acids is 1. The van der Waals surface area contributed by atoms with Crippen LogP contribution in [0.15, 0.2) is 46.9 Å². The SMILES string of the molecule is Cc1ccc(NC(=O)Cc2cccc(Br)c2)cc1N. The quantitative estimate of drug-likeness (QED) is 0.851. The molecule has 0 spiro atoms.